The Morgan fingerprint density at radius 3 is 3.00 bits per heavy atom. The molecule has 0 bridgehead atoms. The van der Waals surface area contributed by atoms with Crippen LogP contribution in [0.1, 0.15) is 51.9 Å². The van der Waals surface area contributed by atoms with Crippen molar-refractivity contribution in [2.24, 2.45) is 11.3 Å². The van der Waals surface area contributed by atoms with E-state index in [9.17, 15) is 4.79 Å². The van der Waals surface area contributed by atoms with E-state index in [0.29, 0.717) is 11.9 Å². The molecule has 17 heavy (non-hydrogen) atoms. The molecule has 0 aromatic heterocycles. The van der Waals surface area contributed by atoms with Crippen LogP contribution in [0.25, 0.3) is 0 Å². The summed E-state index contributed by atoms with van der Waals surface area (Å²) in [5.41, 5.74) is 1.98. The van der Waals surface area contributed by atoms with E-state index in [-0.39, 0.29) is 5.41 Å². The first-order chi connectivity index (χ1) is 8.13. The third-order valence-electron chi connectivity index (χ3n) is 5.46. The Morgan fingerprint density at radius 2 is 2.18 bits per heavy atom. The standard InChI is InChI=1S/C15H23NO/c1-15-10-9-14(17)16(2)13(15)8-7-11-5-3-4-6-12(11)15/h6,11,13H,3-5,7-10H2,1-2H3/t11-,13-,15-/m1/s1. The second-order valence-corrected chi connectivity index (χ2v) is 6.30. The van der Waals surface area contributed by atoms with Gasteiger partial charge in [-0.1, -0.05) is 18.6 Å². The van der Waals surface area contributed by atoms with Crippen molar-refractivity contribution in [1.82, 2.24) is 4.90 Å². The lowest BCUT2D eigenvalue weighted by atomic mass is 9.58. The molecule has 1 aliphatic heterocycles. The molecule has 2 nitrogen and oxygen atoms in total. The number of carbonyl (C=O) groups excluding carboxylic acids is 1. The van der Waals surface area contributed by atoms with Crippen molar-refractivity contribution in [3.8, 4) is 0 Å². The first-order valence-corrected chi connectivity index (χ1v) is 7.09. The summed E-state index contributed by atoms with van der Waals surface area (Å²) in [6, 6.07) is 0.462. The fraction of sp³-hybridized carbons (Fsp3) is 0.800. The molecule has 2 aliphatic carbocycles. The average molecular weight is 233 g/mol. The van der Waals surface area contributed by atoms with Crippen molar-refractivity contribution in [1.29, 1.82) is 0 Å². The molecule has 2 fully saturated rings. The van der Waals surface area contributed by atoms with E-state index in [1.54, 1.807) is 5.57 Å². The predicted octanol–water partition coefficient (Wildman–Crippen LogP) is 3.13. The number of hydrogen-bond acceptors (Lipinski definition) is 1. The summed E-state index contributed by atoms with van der Waals surface area (Å²) >= 11 is 0. The van der Waals surface area contributed by atoms with Gasteiger partial charge in [0.05, 0.1) is 0 Å². The zero-order valence-corrected chi connectivity index (χ0v) is 11.0. The van der Waals surface area contributed by atoms with Crippen LogP contribution in [0.2, 0.25) is 0 Å². The Morgan fingerprint density at radius 1 is 1.35 bits per heavy atom. The van der Waals surface area contributed by atoms with Gasteiger partial charge in [-0.2, -0.15) is 0 Å². The number of rotatable bonds is 0. The summed E-state index contributed by atoms with van der Waals surface area (Å²) in [7, 11) is 2.01. The van der Waals surface area contributed by atoms with Crippen LogP contribution < -0.4 is 0 Å². The van der Waals surface area contributed by atoms with Gasteiger partial charge in [0.2, 0.25) is 5.91 Å². The number of piperidine rings is 1. The molecule has 0 aromatic rings. The zero-order chi connectivity index (χ0) is 12.0. The van der Waals surface area contributed by atoms with Gasteiger partial charge < -0.3 is 4.90 Å². The summed E-state index contributed by atoms with van der Waals surface area (Å²) < 4.78 is 0. The normalized spacial score (nSPS) is 41.6. The summed E-state index contributed by atoms with van der Waals surface area (Å²) in [6.45, 7) is 2.41. The van der Waals surface area contributed by atoms with Crippen LogP contribution in [0.5, 0.6) is 0 Å². The molecule has 94 valence electrons. The largest absolute Gasteiger partial charge is 0.342 e. The molecule has 2 heteroatoms. The Bertz CT molecular complexity index is 373. The Hall–Kier alpha value is -0.790. The highest BCUT2D eigenvalue weighted by Crippen LogP contribution is 2.53. The van der Waals surface area contributed by atoms with Crippen molar-refractivity contribution in [2.75, 3.05) is 7.05 Å². The van der Waals surface area contributed by atoms with E-state index < -0.39 is 0 Å². The lowest BCUT2D eigenvalue weighted by Crippen LogP contribution is -2.55. The Kier molecular flexibility index (Phi) is 2.57. The number of allylic oxidation sites excluding steroid dienone is 1. The van der Waals surface area contributed by atoms with E-state index in [0.717, 1.165) is 18.8 Å². The highest BCUT2D eigenvalue weighted by Gasteiger charge is 2.49. The molecule has 0 spiro atoms. The minimum Gasteiger partial charge on any atom is -0.342 e. The van der Waals surface area contributed by atoms with E-state index in [4.69, 9.17) is 0 Å². The highest BCUT2D eigenvalue weighted by atomic mass is 16.2. The first kappa shape index (κ1) is 11.3. The number of fused-ring (bicyclic) bond motifs is 3. The summed E-state index contributed by atoms with van der Waals surface area (Å²) in [6.07, 6.45) is 10.8. The third-order valence-corrected chi connectivity index (χ3v) is 5.46. The molecule has 3 rings (SSSR count). The van der Waals surface area contributed by atoms with Gasteiger partial charge in [-0.25, -0.2) is 0 Å². The second-order valence-electron chi connectivity index (χ2n) is 6.30. The molecule has 0 N–H and O–H groups in total. The number of nitrogens with zero attached hydrogens (tertiary/aromatic N) is 1. The lowest BCUT2D eigenvalue weighted by Gasteiger charge is -2.54. The monoisotopic (exact) mass is 233 g/mol. The van der Waals surface area contributed by atoms with Crippen molar-refractivity contribution in [2.45, 2.75) is 57.9 Å². The van der Waals surface area contributed by atoms with Crippen LogP contribution in [-0.2, 0) is 4.79 Å². The maximum Gasteiger partial charge on any atom is 0.222 e. The van der Waals surface area contributed by atoms with E-state index in [2.05, 4.69) is 13.0 Å². The summed E-state index contributed by atoms with van der Waals surface area (Å²) in [5.74, 6) is 1.17. The van der Waals surface area contributed by atoms with Gasteiger partial charge in [-0.15, -0.1) is 0 Å². The molecule has 1 saturated heterocycles. The van der Waals surface area contributed by atoms with E-state index in [1.165, 1.54) is 32.1 Å². The molecule has 1 saturated carbocycles. The van der Waals surface area contributed by atoms with Crippen LogP contribution in [0, 0.1) is 11.3 Å². The maximum atomic E-state index is 11.9. The van der Waals surface area contributed by atoms with E-state index in [1.807, 2.05) is 11.9 Å². The number of likely N-dealkylation sites (tertiary alicyclic amines) is 1. The lowest BCUT2D eigenvalue weighted by molar-refractivity contribution is -0.140. The highest BCUT2D eigenvalue weighted by molar-refractivity contribution is 5.77. The maximum absolute atomic E-state index is 11.9. The summed E-state index contributed by atoms with van der Waals surface area (Å²) in [4.78, 5) is 13.9. The topological polar surface area (TPSA) is 20.3 Å². The molecule has 1 heterocycles. The fourth-order valence-corrected chi connectivity index (χ4v) is 4.46. The number of amides is 1. The van der Waals surface area contributed by atoms with Gasteiger partial charge in [-0.05, 0) is 44.4 Å². The number of carbonyl (C=O) groups is 1. The van der Waals surface area contributed by atoms with Gasteiger partial charge in [-0.3, -0.25) is 4.79 Å². The molecule has 1 amide bonds. The van der Waals surface area contributed by atoms with Crippen LogP contribution in [0.15, 0.2) is 11.6 Å². The van der Waals surface area contributed by atoms with Crippen LogP contribution in [0.3, 0.4) is 0 Å². The second kappa shape index (κ2) is 3.86. The molecule has 0 unspecified atom stereocenters. The molecule has 3 atom stereocenters. The minimum atomic E-state index is 0.284. The minimum absolute atomic E-state index is 0.284. The van der Waals surface area contributed by atoms with Gasteiger partial charge in [0.25, 0.3) is 0 Å². The Labute approximate surface area is 104 Å². The fourth-order valence-electron chi connectivity index (χ4n) is 4.46. The number of hydrogen-bond donors (Lipinski definition) is 0. The molecule has 3 aliphatic rings. The SMILES string of the molecule is CN1C(=O)CC[C@]2(C)C3=CCCC[C@@H]3CC[C@@H]12. The third kappa shape index (κ3) is 1.56. The molecule has 0 aromatic carbocycles. The van der Waals surface area contributed by atoms with Gasteiger partial charge in [0, 0.05) is 24.9 Å². The van der Waals surface area contributed by atoms with Crippen LogP contribution in [-0.4, -0.2) is 23.9 Å². The zero-order valence-electron chi connectivity index (χ0n) is 11.0. The Balaban J connectivity index is 1.97. The molecular formula is C15H23NO. The quantitative estimate of drug-likeness (QED) is 0.589. The molecular weight excluding hydrogens is 210 g/mol. The van der Waals surface area contributed by atoms with Crippen LogP contribution >= 0.6 is 0 Å². The average Bonchev–Trinajstić information content (AvgIpc) is 2.35. The molecule has 0 radical (unpaired) electrons. The van der Waals surface area contributed by atoms with Gasteiger partial charge in [0.1, 0.15) is 0 Å². The van der Waals surface area contributed by atoms with Gasteiger partial charge in [0.15, 0.2) is 0 Å². The van der Waals surface area contributed by atoms with Crippen molar-refractivity contribution >= 4 is 5.91 Å². The van der Waals surface area contributed by atoms with Crippen LogP contribution in [0.4, 0.5) is 0 Å². The van der Waals surface area contributed by atoms with Crippen molar-refractivity contribution in [3.05, 3.63) is 11.6 Å². The van der Waals surface area contributed by atoms with Crippen molar-refractivity contribution in [3.63, 3.8) is 0 Å². The van der Waals surface area contributed by atoms with Crippen molar-refractivity contribution < 1.29 is 4.79 Å². The predicted molar refractivity (Wildman–Crippen MR) is 68.6 cm³/mol. The summed E-state index contributed by atoms with van der Waals surface area (Å²) in [5, 5.41) is 0. The first-order valence-electron chi connectivity index (χ1n) is 7.09. The van der Waals surface area contributed by atoms with E-state index >= 15 is 0 Å². The smallest absolute Gasteiger partial charge is 0.222 e. The van der Waals surface area contributed by atoms with Gasteiger partial charge >= 0.3 is 0 Å².